The molecule has 2 heterocycles. The van der Waals surface area contributed by atoms with E-state index in [1.54, 1.807) is 4.90 Å². The molecule has 5 nitrogen and oxygen atoms in total. The highest BCUT2D eigenvalue weighted by Crippen LogP contribution is 2.30. The Morgan fingerprint density at radius 3 is 2.83 bits per heavy atom. The fraction of sp³-hybridized carbons (Fsp3) is 0.556. The van der Waals surface area contributed by atoms with Crippen LogP contribution in [0.5, 0.6) is 0 Å². The molecule has 1 N–H and O–H groups in total. The van der Waals surface area contributed by atoms with Gasteiger partial charge in [0.1, 0.15) is 0 Å². The van der Waals surface area contributed by atoms with Gasteiger partial charge in [-0.15, -0.1) is 0 Å². The number of nitrogens with one attached hydrogen (secondary N) is 1. The maximum atomic E-state index is 12.8. The maximum absolute atomic E-state index is 12.8. The standard InChI is InChI=1S/C18H25N3O2/c1-12-5-4-6-16(14(12)3)21-11-15(9-17(21)22)18(23)20-8-7-19-10-13(20)2/h4-6,13,15,19H,7-11H2,1-3H3/t13-,15?/m1/s1. The number of anilines is 1. The molecule has 124 valence electrons. The molecule has 1 aromatic carbocycles. The molecule has 0 aromatic heterocycles. The number of hydrogen-bond acceptors (Lipinski definition) is 3. The molecule has 1 unspecified atom stereocenters. The molecule has 2 saturated heterocycles. The van der Waals surface area contributed by atoms with Crippen LogP contribution in [0.15, 0.2) is 18.2 Å². The molecule has 0 saturated carbocycles. The average molecular weight is 315 g/mol. The van der Waals surface area contributed by atoms with Crippen LogP contribution in [0.1, 0.15) is 24.5 Å². The lowest BCUT2D eigenvalue weighted by molar-refractivity contribution is -0.138. The average Bonchev–Trinajstić information content (AvgIpc) is 2.92. The zero-order valence-electron chi connectivity index (χ0n) is 14.1. The number of carbonyl (C=O) groups excluding carboxylic acids is 2. The number of nitrogens with zero attached hydrogens (tertiary/aromatic N) is 2. The summed E-state index contributed by atoms with van der Waals surface area (Å²) in [4.78, 5) is 29.0. The van der Waals surface area contributed by atoms with Gasteiger partial charge in [-0.05, 0) is 38.0 Å². The molecule has 3 rings (SSSR count). The zero-order chi connectivity index (χ0) is 16.6. The van der Waals surface area contributed by atoms with Crippen molar-refractivity contribution in [1.29, 1.82) is 0 Å². The van der Waals surface area contributed by atoms with Crippen molar-refractivity contribution in [2.45, 2.75) is 33.2 Å². The zero-order valence-corrected chi connectivity index (χ0v) is 14.1. The smallest absolute Gasteiger partial charge is 0.228 e. The van der Waals surface area contributed by atoms with E-state index in [0.717, 1.165) is 30.9 Å². The van der Waals surface area contributed by atoms with Crippen LogP contribution in [0.4, 0.5) is 5.69 Å². The van der Waals surface area contributed by atoms with Crippen molar-refractivity contribution in [1.82, 2.24) is 10.2 Å². The van der Waals surface area contributed by atoms with Gasteiger partial charge in [0.15, 0.2) is 0 Å². The van der Waals surface area contributed by atoms with E-state index in [9.17, 15) is 9.59 Å². The van der Waals surface area contributed by atoms with Crippen LogP contribution < -0.4 is 10.2 Å². The molecular weight excluding hydrogens is 290 g/mol. The van der Waals surface area contributed by atoms with E-state index in [0.29, 0.717) is 13.0 Å². The number of benzene rings is 1. The Morgan fingerprint density at radius 2 is 2.09 bits per heavy atom. The minimum Gasteiger partial charge on any atom is -0.337 e. The summed E-state index contributed by atoms with van der Waals surface area (Å²) in [6, 6.07) is 6.18. The first kappa shape index (κ1) is 16.0. The van der Waals surface area contributed by atoms with E-state index in [1.807, 2.05) is 36.9 Å². The Morgan fingerprint density at radius 1 is 1.30 bits per heavy atom. The van der Waals surface area contributed by atoms with Crippen molar-refractivity contribution in [2.75, 3.05) is 31.1 Å². The van der Waals surface area contributed by atoms with Crippen molar-refractivity contribution < 1.29 is 9.59 Å². The second-order valence-electron chi connectivity index (χ2n) is 6.71. The molecule has 5 heteroatoms. The number of carbonyl (C=O) groups is 2. The van der Waals surface area contributed by atoms with Crippen molar-refractivity contribution in [3.05, 3.63) is 29.3 Å². The van der Waals surface area contributed by atoms with E-state index in [-0.39, 0.29) is 23.8 Å². The van der Waals surface area contributed by atoms with E-state index < -0.39 is 0 Å². The molecular formula is C18H25N3O2. The van der Waals surface area contributed by atoms with Crippen LogP contribution in [-0.2, 0) is 9.59 Å². The Hall–Kier alpha value is -1.88. The number of amides is 2. The summed E-state index contributed by atoms with van der Waals surface area (Å²) in [6.07, 6.45) is 0.322. The van der Waals surface area contributed by atoms with Gasteiger partial charge in [-0.1, -0.05) is 12.1 Å². The summed E-state index contributed by atoms with van der Waals surface area (Å²) in [5, 5.41) is 3.30. The van der Waals surface area contributed by atoms with Gasteiger partial charge in [-0.3, -0.25) is 9.59 Å². The third-order valence-electron chi connectivity index (χ3n) is 5.13. The monoisotopic (exact) mass is 315 g/mol. The van der Waals surface area contributed by atoms with Gasteiger partial charge in [-0.2, -0.15) is 0 Å². The molecule has 0 aliphatic carbocycles. The quantitative estimate of drug-likeness (QED) is 0.899. The molecule has 2 aliphatic rings. The lowest BCUT2D eigenvalue weighted by atomic mass is 10.0. The fourth-order valence-corrected chi connectivity index (χ4v) is 3.54. The van der Waals surface area contributed by atoms with Gasteiger partial charge in [-0.25, -0.2) is 0 Å². The van der Waals surface area contributed by atoms with Crippen molar-refractivity contribution in [3.63, 3.8) is 0 Å². The normalized spacial score (nSPS) is 25.1. The first-order valence-corrected chi connectivity index (χ1v) is 8.37. The molecule has 2 fully saturated rings. The van der Waals surface area contributed by atoms with Gasteiger partial charge >= 0.3 is 0 Å². The summed E-state index contributed by atoms with van der Waals surface area (Å²) >= 11 is 0. The van der Waals surface area contributed by atoms with E-state index in [2.05, 4.69) is 12.2 Å². The summed E-state index contributed by atoms with van der Waals surface area (Å²) in [6.45, 7) is 9.02. The highest BCUT2D eigenvalue weighted by molar-refractivity contribution is 6.01. The Kier molecular flexibility index (Phi) is 4.39. The predicted molar refractivity (Wildman–Crippen MR) is 90.4 cm³/mol. The minimum atomic E-state index is -0.219. The molecule has 2 aliphatic heterocycles. The number of piperazine rings is 1. The highest BCUT2D eigenvalue weighted by atomic mass is 16.2. The third-order valence-corrected chi connectivity index (χ3v) is 5.13. The van der Waals surface area contributed by atoms with Crippen molar-refractivity contribution >= 4 is 17.5 Å². The van der Waals surface area contributed by atoms with E-state index >= 15 is 0 Å². The Bertz CT molecular complexity index is 629. The predicted octanol–water partition coefficient (Wildman–Crippen LogP) is 1.48. The SMILES string of the molecule is Cc1cccc(N2CC(C(=O)N3CCNC[C@H]3C)CC2=O)c1C. The number of aryl methyl sites for hydroxylation is 1. The molecule has 2 amide bonds. The largest absolute Gasteiger partial charge is 0.337 e. The molecule has 1 aromatic rings. The van der Waals surface area contributed by atoms with Crippen LogP contribution in [0, 0.1) is 19.8 Å². The van der Waals surface area contributed by atoms with E-state index in [1.165, 1.54) is 5.56 Å². The Labute approximate surface area is 137 Å². The van der Waals surface area contributed by atoms with Crippen molar-refractivity contribution in [3.8, 4) is 0 Å². The van der Waals surface area contributed by atoms with Crippen LogP contribution in [0.2, 0.25) is 0 Å². The Balaban J connectivity index is 1.77. The fourth-order valence-electron chi connectivity index (χ4n) is 3.54. The third kappa shape index (κ3) is 2.98. The molecule has 23 heavy (non-hydrogen) atoms. The number of hydrogen-bond donors (Lipinski definition) is 1. The first-order chi connectivity index (χ1) is 11.0. The summed E-state index contributed by atoms with van der Waals surface area (Å²) in [7, 11) is 0. The lowest BCUT2D eigenvalue weighted by Crippen LogP contribution is -2.54. The van der Waals surface area contributed by atoms with Gasteiger partial charge in [0, 0.05) is 44.3 Å². The van der Waals surface area contributed by atoms with E-state index in [4.69, 9.17) is 0 Å². The highest BCUT2D eigenvalue weighted by Gasteiger charge is 2.39. The minimum absolute atomic E-state index is 0.0554. The molecule has 2 atom stereocenters. The second-order valence-corrected chi connectivity index (χ2v) is 6.71. The van der Waals surface area contributed by atoms with Crippen LogP contribution in [0.25, 0.3) is 0 Å². The summed E-state index contributed by atoms with van der Waals surface area (Å²) in [5.41, 5.74) is 3.23. The number of rotatable bonds is 2. The second kappa shape index (κ2) is 6.32. The molecule has 0 bridgehead atoms. The lowest BCUT2D eigenvalue weighted by Gasteiger charge is -2.35. The summed E-state index contributed by atoms with van der Waals surface area (Å²) < 4.78 is 0. The van der Waals surface area contributed by atoms with Gasteiger partial charge in [0.2, 0.25) is 11.8 Å². The maximum Gasteiger partial charge on any atom is 0.228 e. The van der Waals surface area contributed by atoms with Gasteiger partial charge in [0.05, 0.1) is 5.92 Å². The molecule has 0 radical (unpaired) electrons. The summed E-state index contributed by atoms with van der Waals surface area (Å²) in [5.74, 6) is -0.0389. The van der Waals surface area contributed by atoms with Gasteiger partial charge < -0.3 is 15.1 Å². The first-order valence-electron chi connectivity index (χ1n) is 8.37. The molecule has 0 spiro atoms. The van der Waals surface area contributed by atoms with Crippen LogP contribution >= 0.6 is 0 Å². The van der Waals surface area contributed by atoms with Crippen LogP contribution in [-0.4, -0.2) is 48.9 Å². The van der Waals surface area contributed by atoms with Gasteiger partial charge in [0.25, 0.3) is 0 Å². The van der Waals surface area contributed by atoms with Crippen molar-refractivity contribution in [2.24, 2.45) is 5.92 Å². The van der Waals surface area contributed by atoms with Crippen LogP contribution in [0.3, 0.4) is 0 Å². The topological polar surface area (TPSA) is 52.7 Å².